The number of carboxylic acid groups (broad SMARTS) is 1. The van der Waals surface area contributed by atoms with Gasteiger partial charge in [-0.15, -0.1) is 11.3 Å². The molecule has 1 aromatic heterocycles. The second-order valence-corrected chi connectivity index (χ2v) is 6.97. The SMILES string of the molecule is CN(c1cccc(C#N)c1)S(=O)(=O)c1csc(C(=O)O)c1. The molecule has 0 saturated heterocycles. The van der Waals surface area contributed by atoms with E-state index in [4.69, 9.17) is 10.4 Å². The Balaban J connectivity index is 2.42. The summed E-state index contributed by atoms with van der Waals surface area (Å²) in [4.78, 5) is 10.7. The van der Waals surface area contributed by atoms with Gasteiger partial charge in [0.1, 0.15) is 4.88 Å². The molecule has 0 saturated carbocycles. The molecule has 0 aliphatic carbocycles. The number of hydrogen-bond donors (Lipinski definition) is 1. The zero-order valence-electron chi connectivity index (χ0n) is 10.8. The third-order valence-electron chi connectivity index (χ3n) is 2.78. The highest BCUT2D eigenvalue weighted by atomic mass is 32.2. The lowest BCUT2D eigenvalue weighted by atomic mass is 10.2. The van der Waals surface area contributed by atoms with Crippen molar-refractivity contribution in [1.82, 2.24) is 0 Å². The number of benzene rings is 1. The summed E-state index contributed by atoms with van der Waals surface area (Å²) in [5.41, 5.74) is 0.670. The Morgan fingerprint density at radius 3 is 2.67 bits per heavy atom. The van der Waals surface area contributed by atoms with E-state index < -0.39 is 16.0 Å². The maximum Gasteiger partial charge on any atom is 0.345 e. The lowest BCUT2D eigenvalue weighted by molar-refractivity contribution is 0.0702. The summed E-state index contributed by atoms with van der Waals surface area (Å²) < 4.78 is 25.9. The highest BCUT2D eigenvalue weighted by molar-refractivity contribution is 7.93. The van der Waals surface area contributed by atoms with Crippen molar-refractivity contribution in [3.8, 4) is 6.07 Å². The number of carbonyl (C=O) groups is 1. The van der Waals surface area contributed by atoms with Gasteiger partial charge in [-0.1, -0.05) is 6.07 Å². The van der Waals surface area contributed by atoms with E-state index in [9.17, 15) is 13.2 Å². The van der Waals surface area contributed by atoms with Crippen molar-refractivity contribution in [3.05, 3.63) is 46.2 Å². The summed E-state index contributed by atoms with van der Waals surface area (Å²) in [5, 5.41) is 19.0. The van der Waals surface area contributed by atoms with E-state index in [1.165, 1.54) is 18.5 Å². The predicted molar refractivity (Wildman–Crippen MR) is 78.0 cm³/mol. The van der Waals surface area contributed by atoms with Crippen LogP contribution in [0.15, 0.2) is 40.6 Å². The second kappa shape index (κ2) is 5.55. The first-order valence-corrected chi connectivity index (χ1v) is 7.99. The molecule has 2 rings (SSSR count). The lowest BCUT2D eigenvalue weighted by Crippen LogP contribution is -2.26. The summed E-state index contributed by atoms with van der Waals surface area (Å²) in [7, 11) is -2.51. The molecule has 6 nitrogen and oxygen atoms in total. The number of carboxylic acids is 1. The van der Waals surface area contributed by atoms with Crippen molar-refractivity contribution in [2.24, 2.45) is 0 Å². The fourth-order valence-corrected chi connectivity index (χ4v) is 3.92. The number of nitriles is 1. The van der Waals surface area contributed by atoms with Crippen LogP contribution < -0.4 is 4.31 Å². The Labute approximate surface area is 125 Å². The van der Waals surface area contributed by atoms with E-state index in [0.29, 0.717) is 11.3 Å². The number of rotatable bonds is 4. The van der Waals surface area contributed by atoms with Gasteiger partial charge in [0.15, 0.2) is 0 Å². The summed E-state index contributed by atoms with van der Waals surface area (Å²) in [6.07, 6.45) is 0. The van der Waals surface area contributed by atoms with Gasteiger partial charge in [-0.2, -0.15) is 5.26 Å². The maximum absolute atomic E-state index is 12.4. The average molecular weight is 322 g/mol. The first-order valence-electron chi connectivity index (χ1n) is 5.67. The van der Waals surface area contributed by atoms with Crippen molar-refractivity contribution < 1.29 is 18.3 Å². The van der Waals surface area contributed by atoms with Crippen LogP contribution in [0.4, 0.5) is 5.69 Å². The van der Waals surface area contributed by atoms with Crippen LogP contribution in [-0.4, -0.2) is 26.5 Å². The van der Waals surface area contributed by atoms with Crippen molar-refractivity contribution in [2.75, 3.05) is 11.4 Å². The molecule has 1 aromatic carbocycles. The van der Waals surface area contributed by atoms with Crippen molar-refractivity contribution >= 4 is 33.0 Å². The van der Waals surface area contributed by atoms with E-state index in [1.807, 2.05) is 6.07 Å². The first kappa shape index (κ1) is 15.0. The number of nitrogens with zero attached hydrogens (tertiary/aromatic N) is 2. The summed E-state index contributed by atoms with van der Waals surface area (Å²) >= 11 is 0.847. The Morgan fingerprint density at radius 1 is 1.38 bits per heavy atom. The number of sulfonamides is 1. The van der Waals surface area contributed by atoms with Gasteiger partial charge in [0.2, 0.25) is 0 Å². The second-order valence-electron chi connectivity index (χ2n) is 4.09. The molecule has 0 bridgehead atoms. The van der Waals surface area contributed by atoms with Gasteiger partial charge < -0.3 is 5.11 Å². The minimum absolute atomic E-state index is 0.0484. The van der Waals surface area contributed by atoms with Crippen LogP contribution in [0.1, 0.15) is 15.2 Å². The quantitative estimate of drug-likeness (QED) is 0.930. The van der Waals surface area contributed by atoms with Crippen molar-refractivity contribution in [1.29, 1.82) is 5.26 Å². The van der Waals surface area contributed by atoms with Crippen molar-refractivity contribution in [2.45, 2.75) is 4.90 Å². The zero-order valence-corrected chi connectivity index (χ0v) is 12.5. The van der Waals surface area contributed by atoms with Gasteiger partial charge in [0.05, 0.1) is 22.2 Å². The smallest absolute Gasteiger partial charge is 0.345 e. The van der Waals surface area contributed by atoms with Gasteiger partial charge in [-0.3, -0.25) is 4.31 Å². The third-order valence-corrected chi connectivity index (χ3v) is 5.61. The average Bonchev–Trinajstić information content (AvgIpc) is 2.97. The maximum atomic E-state index is 12.4. The van der Waals surface area contributed by atoms with Gasteiger partial charge in [-0.25, -0.2) is 13.2 Å². The molecule has 0 spiro atoms. The molecule has 8 heteroatoms. The molecule has 21 heavy (non-hydrogen) atoms. The molecule has 0 fully saturated rings. The summed E-state index contributed by atoms with van der Waals surface area (Å²) in [5.74, 6) is -1.17. The van der Waals surface area contributed by atoms with Gasteiger partial charge >= 0.3 is 5.97 Å². The zero-order chi connectivity index (χ0) is 15.6. The van der Waals surface area contributed by atoms with Gasteiger partial charge in [0, 0.05) is 12.4 Å². The molecule has 0 radical (unpaired) electrons. The highest BCUT2D eigenvalue weighted by Crippen LogP contribution is 2.26. The molecular weight excluding hydrogens is 312 g/mol. The molecule has 0 unspecified atom stereocenters. The Kier molecular flexibility index (Phi) is 3.97. The summed E-state index contributed by atoms with van der Waals surface area (Å²) in [6.45, 7) is 0. The van der Waals surface area contributed by atoms with Crippen LogP contribution in [0.25, 0.3) is 0 Å². The largest absolute Gasteiger partial charge is 0.477 e. The normalized spacial score (nSPS) is 10.9. The van der Waals surface area contributed by atoms with Crippen LogP contribution >= 0.6 is 11.3 Å². The van der Waals surface area contributed by atoms with Crippen LogP contribution in [0.3, 0.4) is 0 Å². The number of hydrogen-bond acceptors (Lipinski definition) is 5. The van der Waals surface area contributed by atoms with Crippen LogP contribution in [0.5, 0.6) is 0 Å². The van der Waals surface area contributed by atoms with E-state index in [2.05, 4.69) is 0 Å². The summed E-state index contributed by atoms with van der Waals surface area (Å²) in [6, 6.07) is 9.20. The molecule has 2 aromatic rings. The fourth-order valence-electron chi connectivity index (χ4n) is 1.63. The Morgan fingerprint density at radius 2 is 2.10 bits per heavy atom. The standard InChI is InChI=1S/C13H10N2O4S2/c1-15(10-4-2-3-9(5-10)7-14)21(18,19)11-6-12(13(16)17)20-8-11/h2-6,8H,1H3,(H,16,17). The Hall–Kier alpha value is -2.37. The number of anilines is 1. The highest BCUT2D eigenvalue weighted by Gasteiger charge is 2.24. The number of aromatic carboxylic acids is 1. The van der Waals surface area contributed by atoms with Crippen LogP contribution in [-0.2, 0) is 10.0 Å². The van der Waals surface area contributed by atoms with Crippen molar-refractivity contribution in [3.63, 3.8) is 0 Å². The minimum atomic E-state index is -3.86. The molecule has 1 heterocycles. The van der Waals surface area contributed by atoms with Gasteiger partial charge in [0.25, 0.3) is 10.0 Å². The fraction of sp³-hybridized carbons (Fsp3) is 0.0769. The van der Waals surface area contributed by atoms with E-state index in [0.717, 1.165) is 21.7 Å². The topological polar surface area (TPSA) is 98.5 Å². The molecular formula is C13H10N2O4S2. The van der Waals surface area contributed by atoms with E-state index in [-0.39, 0.29) is 9.77 Å². The van der Waals surface area contributed by atoms with E-state index >= 15 is 0 Å². The van der Waals surface area contributed by atoms with Crippen LogP contribution in [0, 0.1) is 11.3 Å². The van der Waals surface area contributed by atoms with E-state index in [1.54, 1.807) is 18.2 Å². The van der Waals surface area contributed by atoms with Gasteiger partial charge in [-0.05, 0) is 24.3 Å². The molecule has 0 aliphatic rings. The minimum Gasteiger partial charge on any atom is -0.477 e. The molecule has 0 atom stereocenters. The molecule has 0 amide bonds. The third kappa shape index (κ3) is 2.89. The monoisotopic (exact) mass is 322 g/mol. The first-order chi connectivity index (χ1) is 9.86. The van der Waals surface area contributed by atoms with Crippen LogP contribution in [0.2, 0.25) is 0 Å². The molecule has 108 valence electrons. The lowest BCUT2D eigenvalue weighted by Gasteiger charge is -2.18. The Bertz CT molecular complexity index is 834. The number of thiophene rings is 1. The predicted octanol–water partition coefficient (Wildman–Crippen LogP) is 2.14. The molecule has 0 aliphatic heterocycles. The molecule has 1 N–H and O–H groups in total.